The van der Waals surface area contributed by atoms with Crippen LogP contribution in [-0.2, 0) is 0 Å². The van der Waals surface area contributed by atoms with Crippen LogP contribution in [0.15, 0.2) is 36.4 Å². The largest absolute Gasteiger partial charge is 0.494 e. The van der Waals surface area contributed by atoms with E-state index in [1.165, 1.54) is 17.1 Å². The minimum Gasteiger partial charge on any atom is -0.494 e. The van der Waals surface area contributed by atoms with E-state index in [0.717, 1.165) is 17.5 Å². The van der Waals surface area contributed by atoms with Crippen LogP contribution < -0.4 is 0 Å². The van der Waals surface area contributed by atoms with Gasteiger partial charge in [0.25, 0.3) is 5.69 Å². The molecule has 2 unspecified atom stereocenters. The van der Waals surface area contributed by atoms with Crippen molar-refractivity contribution >= 4 is 16.5 Å². The maximum absolute atomic E-state index is 11.3. The fraction of sp³-hybridized carbons (Fsp3) is 0.300. The summed E-state index contributed by atoms with van der Waals surface area (Å²) in [6.45, 7) is 0. The fourth-order valence-electron chi connectivity index (χ4n) is 5.61. The molecule has 4 atom stereocenters. The van der Waals surface area contributed by atoms with Crippen LogP contribution in [0.25, 0.3) is 16.5 Å². The lowest BCUT2D eigenvalue weighted by atomic mass is 9.95. The monoisotopic (exact) mass is 348 g/mol. The first-order valence-corrected chi connectivity index (χ1v) is 8.91. The topological polar surface area (TPSA) is 88.5 Å². The Labute approximate surface area is 148 Å². The summed E-state index contributed by atoms with van der Waals surface area (Å²) >= 11 is 0. The molecule has 2 fully saturated rings. The van der Waals surface area contributed by atoms with Crippen LogP contribution in [0.3, 0.4) is 0 Å². The van der Waals surface area contributed by atoms with Crippen molar-refractivity contribution in [3.05, 3.63) is 57.6 Å². The number of nitro benzene ring substituents is 1. The van der Waals surface area contributed by atoms with Gasteiger partial charge in [0.1, 0.15) is 0 Å². The van der Waals surface area contributed by atoms with E-state index in [-0.39, 0.29) is 17.4 Å². The van der Waals surface area contributed by atoms with Gasteiger partial charge in [-0.05, 0) is 48.6 Å². The van der Waals surface area contributed by atoms with E-state index in [2.05, 4.69) is 0 Å². The molecule has 6 heteroatoms. The van der Waals surface area contributed by atoms with Crippen molar-refractivity contribution in [3.8, 4) is 17.4 Å². The first-order valence-electron chi connectivity index (χ1n) is 8.91. The summed E-state index contributed by atoms with van der Waals surface area (Å²) in [6.07, 6.45) is 2.23. The van der Waals surface area contributed by atoms with Crippen LogP contribution in [-0.4, -0.2) is 19.7 Å². The number of hydrogen-bond acceptors (Lipinski definition) is 4. The van der Waals surface area contributed by atoms with E-state index in [1.807, 2.05) is 0 Å². The molecule has 6 rings (SSSR count). The first-order chi connectivity index (χ1) is 12.6. The normalized spacial score (nSPS) is 27.5. The van der Waals surface area contributed by atoms with Crippen molar-refractivity contribution in [2.75, 3.05) is 0 Å². The molecule has 2 bridgehead atoms. The SMILES string of the molecule is O=[N+]([O-])c1ccc(-n2c(O)c3c(c2O)C2CC3[C@H]3C[C@@H]23)c2ccccc12. The van der Waals surface area contributed by atoms with Gasteiger partial charge in [0.15, 0.2) is 0 Å². The van der Waals surface area contributed by atoms with Crippen molar-refractivity contribution < 1.29 is 15.1 Å². The van der Waals surface area contributed by atoms with Gasteiger partial charge in [-0.15, -0.1) is 0 Å². The van der Waals surface area contributed by atoms with E-state index in [9.17, 15) is 20.3 Å². The van der Waals surface area contributed by atoms with E-state index >= 15 is 0 Å². The molecule has 3 aliphatic carbocycles. The lowest BCUT2D eigenvalue weighted by Gasteiger charge is -2.13. The average Bonchev–Trinajstić information content (AvgIpc) is 3.15. The molecular formula is C20H16N2O4. The van der Waals surface area contributed by atoms with Crippen LogP contribution in [0.1, 0.15) is 35.8 Å². The number of aromatic hydroxyl groups is 2. The number of benzene rings is 2. The van der Waals surface area contributed by atoms with Crippen molar-refractivity contribution in [2.24, 2.45) is 11.8 Å². The molecule has 1 aromatic heterocycles. The molecular weight excluding hydrogens is 332 g/mol. The molecule has 2 N–H and O–H groups in total. The number of aromatic nitrogens is 1. The highest BCUT2D eigenvalue weighted by Crippen LogP contribution is 2.74. The lowest BCUT2D eigenvalue weighted by Crippen LogP contribution is -1.99. The molecule has 130 valence electrons. The van der Waals surface area contributed by atoms with Gasteiger partial charge < -0.3 is 10.2 Å². The Morgan fingerprint density at radius 3 is 2.15 bits per heavy atom. The smallest absolute Gasteiger partial charge is 0.277 e. The molecule has 0 spiro atoms. The van der Waals surface area contributed by atoms with Crippen molar-refractivity contribution in [1.82, 2.24) is 4.57 Å². The Hall–Kier alpha value is -3.02. The number of hydrogen-bond donors (Lipinski definition) is 2. The quantitative estimate of drug-likeness (QED) is 0.537. The molecule has 0 aliphatic heterocycles. The average molecular weight is 348 g/mol. The van der Waals surface area contributed by atoms with E-state index in [0.29, 0.717) is 40.1 Å². The summed E-state index contributed by atoms with van der Waals surface area (Å²) in [7, 11) is 0. The van der Waals surface area contributed by atoms with Crippen molar-refractivity contribution in [3.63, 3.8) is 0 Å². The zero-order valence-corrected chi connectivity index (χ0v) is 13.8. The molecule has 2 saturated carbocycles. The lowest BCUT2D eigenvalue weighted by molar-refractivity contribution is -0.383. The molecule has 0 amide bonds. The Morgan fingerprint density at radius 1 is 0.923 bits per heavy atom. The minimum absolute atomic E-state index is 0.0179. The fourth-order valence-corrected chi connectivity index (χ4v) is 5.61. The van der Waals surface area contributed by atoms with Crippen LogP contribution in [0, 0.1) is 22.0 Å². The highest BCUT2D eigenvalue weighted by Gasteiger charge is 2.62. The predicted molar refractivity (Wildman–Crippen MR) is 95.0 cm³/mol. The molecule has 3 aromatic rings. The molecule has 1 heterocycles. The van der Waals surface area contributed by atoms with Gasteiger partial charge in [0.05, 0.1) is 16.0 Å². The van der Waals surface area contributed by atoms with Crippen LogP contribution in [0.4, 0.5) is 5.69 Å². The number of non-ortho nitro benzene ring substituents is 1. The molecule has 26 heavy (non-hydrogen) atoms. The third kappa shape index (κ3) is 1.49. The summed E-state index contributed by atoms with van der Waals surface area (Å²) in [6, 6.07) is 10.1. The summed E-state index contributed by atoms with van der Waals surface area (Å²) in [5.41, 5.74) is 2.38. The van der Waals surface area contributed by atoms with Gasteiger partial charge in [-0.25, -0.2) is 0 Å². The van der Waals surface area contributed by atoms with E-state index in [1.54, 1.807) is 30.3 Å². The second-order valence-electron chi connectivity index (χ2n) is 7.73. The van der Waals surface area contributed by atoms with Gasteiger partial charge in [-0.2, -0.15) is 0 Å². The maximum atomic E-state index is 11.3. The second kappa shape index (κ2) is 4.38. The molecule has 0 saturated heterocycles. The summed E-state index contributed by atoms with van der Waals surface area (Å²) in [5, 5.41) is 34.4. The Balaban J connectivity index is 1.64. The van der Waals surface area contributed by atoms with Gasteiger partial charge >= 0.3 is 0 Å². The minimum atomic E-state index is -0.408. The number of nitrogens with zero attached hydrogens (tertiary/aromatic N) is 2. The van der Waals surface area contributed by atoms with Crippen LogP contribution in [0.5, 0.6) is 11.8 Å². The third-order valence-electron chi connectivity index (χ3n) is 6.69. The third-order valence-corrected chi connectivity index (χ3v) is 6.69. The van der Waals surface area contributed by atoms with Gasteiger partial charge in [0, 0.05) is 22.6 Å². The summed E-state index contributed by atoms with van der Waals surface area (Å²) in [4.78, 5) is 10.9. The van der Waals surface area contributed by atoms with Gasteiger partial charge in [0.2, 0.25) is 11.8 Å². The zero-order chi connectivity index (χ0) is 17.7. The number of nitro groups is 1. The summed E-state index contributed by atoms with van der Waals surface area (Å²) < 4.78 is 1.47. The first kappa shape index (κ1) is 14.2. The van der Waals surface area contributed by atoms with Gasteiger partial charge in [-0.3, -0.25) is 14.7 Å². The van der Waals surface area contributed by atoms with Gasteiger partial charge in [-0.1, -0.05) is 18.2 Å². The summed E-state index contributed by atoms with van der Waals surface area (Å²) in [5.74, 6) is 2.18. The Morgan fingerprint density at radius 2 is 1.54 bits per heavy atom. The van der Waals surface area contributed by atoms with Crippen LogP contribution >= 0.6 is 0 Å². The Kier molecular flexibility index (Phi) is 2.39. The van der Waals surface area contributed by atoms with Crippen molar-refractivity contribution in [2.45, 2.75) is 24.7 Å². The standard InChI is InChI=1S/C20H16N2O4/c23-19-17-13-8-14(12-7-11(12)13)18(17)20(24)21(19)15-5-6-16(22(25)26)10-4-2-1-3-9(10)15/h1-6,11-14,23-24H,7-8H2/t11-,12+,13?,14?. The molecule has 0 radical (unpaired) electrons. The second-order valence-corrected chi connectivity index (χ2v) is 7.73. The highest BCUT2D eigenvalue weighted by atomic mass is 16.6. The number of fused-ring (bicyclic) bond motifs is 9. The van der Waals surface area contributed by atoms with Crippen LogP contribution in [0.2, 0.25) is 0 Å². The van der Waals surface area contributed by atoms with E-state index in [4.69, 9.17) is 0 Å². The Bertz CT molecular complexity index is 1100. The zero-order valence-electron chi connectivity index (χ0n) is 13.8. The molecule has 3 aliphatic rings. The number of rotatable bonds is 2. The predicted octanol–water partition coefficient (Wildman–Crippen LogP) is 4.17. The maximum Gasteiger partial charge on any atom is 0.277 e. The highest BCUT2D eigenvalue weighted by molar-refractivity contribution is 5.97. The van der Waals surface area contributed by atoms with E-state index < -0.39 is 4.92 Å². The van der Waals surface area contributed by atoms with Crippen molar-refractivity contribution in [1.29, 1.82) is 0 Å². The molecule has 6 nitrogen and oxygen atoms in total. The molecule has 2 aromatic carbocycles.